The number of carbonyl (C=O) groups excluding carboxylic acids is 1. The number of rotatable bonds is 5. The van der Waals surface area contributed by atoms with E-state index < -0.39 is 10.0 Å². The Labute approximate surface area is 143 Å². The summed E-state index contributed by atoms with van der Waals surface area (Å²) >= 11 is 0. The van der Waals surface area contributed by atoms with Gasteiger partial charge < -0.3 is 15.4 Å². The van der Waals surface area contributed by atoms with E-state index in [2.05, 4.69) is 4.72 Å². The highest BCUT2D eigenvalue weighted by Gasteiger charge is 2.26. The minimum Gasteiger partial charge on any atom is -0.495 e. The number of nitrogens with zero attached hydrogens (tertiary/aromatic N) is 1. The topological polar surface area (TPSA) is 102 Å². The van der Waals surface area contributed by atoms with E-state index >= 15 is 0 Å². The van der Waals surface area contributed by atoms with Crippen molar-refractivity contribution in [2.45, 2.75) is 43.7 Å². The van der Waals surface area contributed by atoms with Crippen LogP contribution in [0.15, 0.2) is 23.1 Å². The van der Waals surface area contributed by atoms with Gasteiger partial charge in [0.05, 0.1) is 7.11 Å². The normalized spacial score (nSPS) is 16.5. The first-order chi connectivity index (χ1) is 11.2. The van der Waals surface area contributed by atoms with Crippen LogP contribution in [0.4, 0.5) is 0 Å². The highest BCUT2D eigenvalue weighted by Crippen LogP contribution is 2.26. The van der Waals surface area contributed by atoms with Crippen molar-refractivity contribution in [3.63, 3.8) is 0 Å². The molecular weight excluding hydrogens is 330 g/mol. The first-order valence-electron chi connectivity index (χ1n) is 8.00. The molecule has 0 spiro atoms. The largest absolute Gasteiger partial charge is 0.495 e. The van der Waals surface area contributed by atoms with Crippen molar-refractivity contribution in [3.05, 3.63) is 23.8 Å². The van der Waals surface area contributed by atoms with Gasteiger partial charge in [-0.3, -0.25) is 4.79 Å². The minimum absolute atomic E-state index is 0.0294. The first-order valence-corrected chi connectivity index (χ1v) is 9.48. The molecule has 0 bridgehead atoms. The van der Waals surface area contributed by atoms with E-state index in [9.17, 15) is 13.2 Å². The summed E-state index contributed by atoms with van der Waals surface area (Å²) in [5.74, 6) is 0.0194. The monoisotopic (exact) mass is 355 g/mol. The summed E-state index contributed by atoms with van der Waals surface area (Å²) in [6, 6.07) is 4.33. The molecule has 1 aromatic carbocycles. The van der Waals surface area contributed by atoms with Gasteiger partial charge in [0.2, 0.25) is 10.0 Å². The van der Waals surface area contributed by atoms with Crippen molar-refractivity contribution < 1.29 is 17.9 Å². The van der Waals surface area contributed by atoms with Gasteiger partial charge in [0.15, 0.2) is 0 Å². The molecular formula is C16H25N3O4S. The zero-order valence-electron chi connectivity index (χ0n) is 14.3. The van der Waals surface area contributed by atoms with Crippen LogP contribution >= 0.6 is 0 Å². The van der Waals surface area contributed by atoms with Crippen LogP contribution in [0.5, 0.6) is 5.75 Å². The molecule has 1 saturated heterocycles. The Morgan fingerprint density at radius 1 is 1.33 bits per heavy atom. The van der Waals surface area contributed by atoms with Gasteiger partial charge in [-0.05, 0) is 44.9 Å². The number of amides is 1. The standard InChI is InChI=1S/C16H25N3O4S/c1-11(2)18-24(21,22)15-10-12(4-5-14(15)23-3)16(20)19-8-6-13(17)7-9-19/h4-5,10-11,13,18H,6-9,17H2,1-3H3. The predicted octanol–water partition coefficient (Wildman–Crippen LogP) is 0.945. The summed E-state index contributed by atoms with van der Waals surface area (Å²) in [7, 11) is -2.36. The molecule has 0 aliphatic carbocycles. The van der Waals surface area contributed by atoms with Crippen LogP contribution in [0, 0.1) is 0 Å². The third-order valence-electron chi connectivity index (χ3n) is 3.92. The molecule has 0 aromatic heterocycles. The number of nitrogens with two attached hydrogens (primary N) is 1. The Morgan fingerprint density at radius 2 is 1.96 bits per heavy atom. The second-order valence-electron chi connectivity index (χ2n) is 6.27. The molecule has 0 saturated carbocycles. The Hall–Kier alpha value is -1.64. The number of likely N-dealkylation sites (tertiary alicyclic amines) is 1. The SMILES string of the molecule is COc1ccc(C(=O)N2CCC(N)CC2)cc1S(=O)(=O)NC(C)C. The van der Waals surface area contributed by atoms with E-state index in [0.29, 0.717) is 18.7 Å². The fourth-order valence-corrected chi connectivity index (χ4v) is 4.12. The number of sulfonamides is 1. The number of benzene rings is 1. The summed E-state index contributed by atoms with van der Waals surface area (Å²) in [4.78, 5) is 14.3. The molecule has 1 aliphatic heterocycles. The van der Waals surface area contributed by atoms with Gasteiger partial charge in [-0.25, -0.2) is 13.1 Å². The average Bonchev–Trinajstić information content (AvgIpc) is 2.53. The Bertz CT molecular complexity index is 695. The molecule has 1 heterocycles. The first kappa shape index (κ1) is 18.7. The van der Waals surface area contributed by atoms with Gasteiger partial charge in [-0.1, -0.05) is 0 Å². The Kier molecular flexibility index (Phi) is 5.84. The molecule has 1 aliphatic rings. The lowest BCUT2D eigenvalue weighted by Crippen LogP contribution is -2.42. The molecule has 134 valence electrons. The maximum absolute atomic E-state index is 12.6. The number of piperidine rings is 1. The third-order valence-corrected chi connectivity index (χ3v) is 5.60. The van der Waals surface area contributed by atoms with Gasteiger partial charge in [-0.15, -0.1) is 0 Å². The predicted molar refractivity (Wildman–Crippen MR) is 91.6 cm³/mol. The Morgan fingerprint density at radius 3 is 2.50 bits per heavy atom. The quantitative estimate of drug-likeness (QED) is 0.819. The summed E-state index contributed by atoms with van der Waals surface area (Å²) in [6.45, 7) is 4.63. The molecule has 0 radical (unpaired) electrons. The van der Waals surface area contributed by atoms with Gasteiger partial charge >= 0.3 is 0 Å². The van der Waals surface area contributed by atoms with Gasteiger partial charge in [0, 0.05) is 30.7 Å². The lowest BCUT2D eigenvalue weighted by Gasteiger charge is -2.30. The van der Waals surface area contributed by atoms with Crippen molar-refractivity contribution in [2.24, 2.45) is 5.73 Å². The van der Waals surface area contributed by atoms with Crippen molar-refractivity contribution in [1.82, 2.24) is 9.62 Å². The van der Waals surface area contributed by atoms with Crippen LogP contribution < -0.4 is 15.2 Å². The summed E-state index contributed by atoms with van der Waals surface area (Å²) < 4.78 is 32.6. The highest BCUT2D eigenvalue weighted by atomic mass is 32.2. The summed E-state index contributed by atoms with van der Waals surface area (Å²) in [5.41, 5.74) is 6.19. The molecule has 3 N–H and O–H groups in total. The zero-order chi connectivity index (χ0) is 17.9. The average molecular weight is 355 g/mol. The van der Waals surface area contributed by atoms with E-state index in [1.807, 2.05) is 0 Å². The number of ether oxygens (including phenoxy) is 1. The number of hydrogen-bond acceptors (Lipinski definition) is 5. The number of carbonyl (C=O) groups is 1. The Balaban J connectivity index is 2.33. The van der Waals surface area contributed by atoms with Crippen molar-refractivity contribution >= 4 is 15.9 Å². The number of hydrogen-bond donors (Lipinski definition) is 2. The van der Waals surface area contributed by atoms with Crippen molar-refractivity contribution in [2.75, 3.05) is 20.2 Å². The van der Waals surface area contributed by atoms with E-state index in [-0.39, 0.29) is 28.6 Å². The number of nitrogens with one attached hydrogen (secondary N) is 1. The van der Waals surface area contributed by atoms with Crippen LogP contribution in [0.25, 0.3) is 0 Å². The minimum atomic E-state index is -3.76. The lowest BCUT2D eigenvalue weighted by atomic mass is 10.0. The molecule has 24 heavy (non-hydrogen) atoms. The van der Waals surface area contributed by atoms with Gasteiger partial charge in [0.25, 0.3) is 5.91 Å². The molecule has 0 unspecified atom stereocenters. The maximum atomic E-state index is 12.6. The molecule has 1 amide bonds. The van der Waals surface area contributed by atoms with E-state index in [1.54, 1.807) is 24.8 Å². The molecule has 2 rings (SSSR count). The van der Waals surface area contributed by atoms with E-state index in [1.165, 1.54) is 19.2 Å². The molecule has 8 heteroatoms. The smallest absolute Gasteiger partial charge is 0.253 e. The van der Waals surface area contributed by atoms with Crippen LogP contribution in [-0.2, 0) is 10.0 Å². The molecule has 0 atom stereocenters. The number of methoxy groups -OCH3 is 1. The maximum Gasteiger partial charge on any atom is 0.253 e. The van der Waals surface area contributed by atoms with Crippen LogP contribution in [0.1, 0.15) is 37.0 Å². The van der Waals surface area contributed by atoms with Crippen LogP contribution in [-0.4, -0.2) is 51.5 Å². The van der Waals surface area contributed by atoms with E-state index in [4.69, 9.17) is 10.5 Å². The van der Waals surface area contributed by atoms with Gasteiger partial charge in [0.1, 0.15) is 10.6 Å². The van der Waals surface area contributed by atoms with Gasteiger partial charge in [-0.2, -0.15) is 0 Å². The van der Waals surface area contributed by atoms with Crippen LogP contribution in [0.3, 0.4) is 0 Å². The van der Waals surface area contributed by atoms with Crippen molar-refractivity contribution in [3.8, 4) is 5.75 Å². The third kappa shape index (κ3) is 4.25. The zero-order valence-corrected chi connectivity index (χ0v) is 15.1. The molecule has 7 nitrogen and oxygen atoms in total. The second-order valence-corrected chi connectivity index (χ2v) is 7.95. The highest BCUT2D eigenvalue weighted by molar-refractivity contribution is 7.89. The second kappa shape index (κ2) is 7.50. The molecule has 1 aromatic rings. The fraction of sp³-hybridized carbons (Fsp3) is 0.562. The summed E-state index contributed by atoms with van der Waals surface area (Å²) in [5, 5.41) is 0. The molecule has 1 fully saturated rings. The fourth-order valence-electron chi connectivity index (χ4n) is 2.68. The van der Waals surface area contributed by atoms with Crippen molar-refractivity contribution in [1.29, 1.82) is 0 Å². The van der Waals surface area contributed by atoms with Crippen LogP contribution in [0.2, 0.25) is 0 Å². The van der Waals surface area contributed by atoms with E-state index in [0.717, 1.165) is 12.8 Å². The summed E-state index contributed by atoms with van der Waals surface area (Å²) in [6.07, 6.45) is 1.50. The lowest BCUT2D eigenvalue weighted by molar-refractivity contribution is 0.0714.